The van der Waals surface area contributed by atoms with Gasteiger partial charge in [-0.3, -0.25) is 4.31 Å². The zero-order valence-electron chi connectivity index (χ0n) is 13.2. The van der Waals surface area contributed by atoms with Crippen LogP contribution >= 0.6 is 0 Å². The second kappa shape index (κ2) is 6.78. The average Bonchev–Trinajstić information content (AvgIpc) is 3.06. The summed E-state index contributed by atoms with van der Waals surface area (Å²) in [4.78, 5) is 17.5. The molecule has 0 atom stereocenters. The van der Waals surface area contributed by atoms with Gasteiger partial charge in [0.05, 0.1) is 5.69 Å². The minimum absolute atomic E-state index is 0.411. The van der Waals surface area contributed by atoms with E-state index < -0.39 is 21.2 Å². The number of hydrogen-bond donors (Lipinski definition) is 0. The Morgan fingerprint density at radius 3 is 2.35 bits per heavy atom. The number of aromatic nitrogens is 3. The molecule has 2 rings (SSSR count). The monoisotopic (exact) mass is 337 g/mol. The number of hydrogen-bond acceptors (Lipinski definition) is 5. The Labute approximate surface area is 135 Å². The maximum Gasteiger partial charge on any atom is 0.346 e. The molecular weight excluding hydrogens is 318 g/mol. The summed E-state index contributed by atoms with van der Waals surface area (Å²) in [6.45, 7) is 4.67. The highest BCUT2D eigenvalue weighted by molar-refractivity contribution is 7.92. The molecule has 23 heavy (non-hydrogen) atoms. The van der Waals surface area contributed by atoms with Gasteiger partial charge in [-0.1, -0.05) is 18.2 Å². The lowest BCUT2D eigenvalue weighted by atomic mass is 10.3. The molecule has 0 spiro atoms. The normalized spacial score (nSPS) is 11.3. The lowest BCUT2D eigenvalue weighted by molar-refractivity contribution is 0.201. The SMILES string of the molecule is CCN(CC)C(=O)n1cnc(S(=O)(=O)N(C)c2ccccc2)n1. The minimum atomic E-state index is -3.92. The van der Waals surface area contributed by atoms with Crippen molar-refractivity contribution < 1.29 is 13.2 Å². The van der Waals surface area contributed by atoms with Crippen LogP contribution in [0, 0.1) is 0 Å². The highest BCUT2D eigenvalue weighted by atomic mass is 32.2. The van der Waals surface area contributed by atoms with Crippen LogP contribution in [0.2, 0.25) is 0 Å². The van der Waals surface area contributed by atoms with Gasteiger partial charge >= 0.3 is 16.1 Å². The van der Waals surface area contributed by atoms with E-state index in [1.807, 2.05) is 13.8 Å². The first-order chi connectivity index (χ1) is 10.9. The van der Waals surface area contributed by atoms with Crippen molar-refractivity contribution in [2.24, 2.45) is 0 Å². The number of carbonyl (C=O) groups is 1. The zero-order valence-corrected chi connectivity index (χ0v) is 14.1. The number of carbonyl (C=O) groups excluding carboxylic acids is 1. The molecule has 0 aliphatic carbocycles. The van der Waals surface area contributed by atoms with Crippen LogP contribution in [0.4, 0.5) is 10.5 Å². The van der Waals surface area contributed by atoms with Gasteiger partial charge in [0.1, 0.15) is 6.33 Å². The van der Waals surface area contributed by atoms with E-state index >= 15 is 0 Å². The van der Waals surface area contributed by atoms with Crippen LogP contribution in [0.5, 0.6) is 0 Å². The first-order valence-corrected chi connectivity index (χ1v) is 8.60. The van der Waals surface area contributed by atoms with Crippen LogP contribution in [0.25, 0.3) is 0 Å². The molecule has 0 N–H and O–H groups in total. The van der Waals surface area contributed by atoms with Crippen molar-refractivity contribution in [1.82, 2.24) is 19.7 Å². The Bertz CT molecular complexity index is 769. The van der Waals surface area contributed by atoms with Gasteiger partial charge in [0.2, 0.25) is 0 Å². The number of nitrogens with zero attached hydrogens (tertiary/aromatic N) is 5. The molecule has 1 heterocycles. The quantitative estimate of drug-likeness (QED) is 0.823. The number of sulfonamides is 1. The lowest BCUT2D eigenvalue weighted by Gasteiger charge is -2.18. The van der Waals surface area contributed by atoms with Gasteiger partial charge < -0.3 is 4.90 Å². The summed E-state index contributed by atoms with van der Waals surface area (Å²) >= 11 is 0. The van der Waals surface area contributed by atoms with E-state index in [0.29, 0.717) is 18.8 Å². The fourth-order valence-corrected chi connectivity index (χ4v) is 3.01. The summed E-state index contributed by atoms with van der Waals surface area (Å²) in [7, 11) is -2.51. The molecule has 2 aromatic rings. The summed E-state index contributed by atoms with van der Waals surface area (Å²) in [6, 6.07) is 8.17. The van der Waals surface area contributed by atoms with E-state index in [0.717, 1.165) is 15.3 Å². The van der Waals surface area contributed by atoms with Gasteiger partial charge in [-0.2, -0.15) is 13.1 Å². The van der Waals surface area contributed by atoms with Crippen molar-refractivity contribution in [1.29, 1.82) is 0 Å². The van der Waals surface area contributed by atoms with Crippen molar-refractivity contribution in [2.75, 3.05) is 24.4 Å². The molecule has 1 aromatic heterocycles. The highest BCUT2D eigenvalue weighted by Gasteiger charge is 2.27. The molecule has 0 saturated heterocycles. The lowest BCUT2D eigenvalue weighted by Crippen LogP contribution is -2.35. The Morgan fingerprint density at radius 1 is 1.17 bits per heavy atom. The Kier molecular flexibility index (Phi) is 4.99. The van der Waals surface area contributed by atoms with E-state index in [1.165, 1.54) is 11.9 Å². The predicted molar refractivity (Wildman–Crippen MR) is 85.8 cm³/mol. The molecule has 1 amide bonds. The number of para-hydroxylation sites is 1. The third kappa shape index (κ3) is 3.34. The van der Waals surface area contributed by atoms with Crippen LogP contribution < -0.4 is 4.31 Å². The summed E-state index contributed by atoms with van der Waals surface area (Å²) in [5, 5.41) is 3.42. The van der Waals surface area contributed by atoms with Crippen LogP contribution in [-0.2, 0) is 10.0 Å². The van der Waals surface area contributed by atoms with Gasteiger partial charge in [-0.25, -0.2) is 9.78 Å². The molecule has 0 aliphatic rings. The molecule has 0 radical (unpaired) electrons. The Balaban J connectivity index is 2.30. The van der Waals surface area contributed by atoms with Crippen LogP contribution in [-0.4, -0.2) is 54.3 Å². The molecule has 0 bridgehead atoms. The highest BCUT2D eigenvalue weighted by Crippen LogP contribution is 2.18. The number of benzene rings is 1. The van der Waals surface area contributed by atoms with E-state index in [-0.39, 0.29) is 0 Å². The van der Waals surface area contributed by atoms with Crippen LogP contribution in [0.3, 0.4) is 0 Å². The van der Waals surface area contributed by atoms with E-state index in [4.69, 9.17) is 0 Å². The van der Waals surface area contributed by atoms with Gasteiger partial charge in [-0.15, -0.1) is 5.10 Å². The van der Waals surface area contributed by atoms with Crippen LogP contribution in [0.15, 0.2) is 41.8 Å². The van der Waals surface area contributed by atoms with Crippen molar-refractivity contribution in [2.45, 2.75) is 19.0 Å². The fraction of sp³-hybridized carbons (Fsp3) is 0.357. The van der Waals surface area contributed by atoms with Crippen molar-refractivity contribution in [3.63, 3.8) is 0 Å². The van der Waals surface area contributed by atoms with Crippen LogP contribution in [0.1, 0.15) is 13.8 Å². The predicted octanol–water partition coefficient (Wildman–Crippen LogP) is 1.41. The number of amides is 1. The molecule has 0 aliphatic heterocycles. The molecule has 0 fully saturated rings. The van der Waals surface area contributed by atoms with Crippen molar-refractivity contribution in [3.8, 4) is 0 Å². The Morgan fingerprint density at radius 2 is 1.78 bits per heavy atom. The average molecular weight is 337 g/mol. The van der Waals surface area contributed by atoms with Gasteiger partial charge in [0.25, 0.3) is 5.16 Å². The largest absolute Gasteiger partial charge is 0.346 e. The summed E-state index contributed by atoms with van der Waals surface area (Å²) in [5.74, 6) is 0. The molecule has 0 unspecified atom stereocenters. The molecule has 124 valence electrons. The smallest absolute Gasteiger partial charge is 0.323 e. The third-order valence-electron chi connectivity index (χ3n) is 3.41. The van der Waals surface area contributed by atoms with Crippen molar-refractivity contribution >= 4 is 21.7 Å². The van der Waals surface area contributed by atoms with Gasteiger partial charge in [-0.05, 0) is 26.0 Å². The summed E-state index contributed by atoms with van der Waals surface area (Å²) in [6.07, 6.45) is 1.12. The maximum absolute atomic E-state index is 12.5. The third-order valence-corrected chi connectivity index (χ3v) is 4.99. The van der Waals surface area contributed by atoms with Gasteiger partial charge in [0.15, 0.2) is 0 Å². The van der Waals surface area contributed by atoms with E-state index in [2.05, 4.69) is 10.1 Å². The summed E-state index contributed by atoms with van der Waals surface area (Å²) < 4.78 is 27.1. The zero-order chi connectivity index (χ0) is 17.0. The molecular formula is C14H19N5O3S. The first kappa shape index (κ1) is 16.9. The molecule has 8 nitrogen and oxygen atoms in total. The van der Waals surface area contributed by atoms with Gasteiger partial charge in [0, 0.05) is 20.1 Å². The van der Waals surface area contributed by atoms with Crippen molar-refractivity contribution in [3.05, 3.63) is 36.7 Å². The Hall–Kier alpha value is -2.42. The second-order valence-corrected chi connectivity index (χ2v) is 6.60. The fourth-order valence-electron chi connectivity index (χ4n) is 2.00. The second-order valence-electron chi connectivity index (χ2n) is 4.73. The topological polar surface area (TPSA) is 88.4 Å². The number of rotatable bonds is 5. The minimum Gasteiger partial charge on any atom is -0.323 e. The molecule has 1 aromatic carbocycles. The molecule has 9 heteroatoms. The van der Waals surface area contributed by atoms with E-state index in [9.17, 15) is 13.2 Å². The maximum atomic E-state index is 12.5. The first-order valence-electron chi connectivity index (χ1n) is 7.16. The standard InChI is InChI=1S/C14H19N5O3S/c1-4-18(5-2)14(20)19-11-15-13(16-19)23(21,22)17(3)12-9-7-6-8-10-12/h6-11H,4-5H2,1-3H3. The van der Waals surface area contributed by atoms with E-state index in [1.54, 1.807) is 30.3 Å². The number of anilines is 1. The molecule has 0 saturated carbocycles. The summed E-state index contributed by atoms with van der Waals surface area (Å²) in [5.41, 5.74) is 0.485.